The van der Waals surface area contributed by atoms with Crippen molar-refractivity contribution >= 4 is 39.0 Å². The van der Waals surface area contributed by atoms with Gasteiger partial charge in [-0.1, -0.05) is 36.2 Å². The Kier molecular flexibility index (Phi) is 9.15. The number of nitrogens with one attached hydrogen (secondary N) is 1. The number of hydrogen-bond donors (Lipinski definition) is 1. The molecule has 0 aromatic heterocycles. The maximum absolute atomic E-state index is 14.9. The molecule has 1 spiro atoms. The molecule has 2 aromatic carbocycles. The molecule has 3 aliphatic carbocycles. The Morgan fingerprint density at radius 2 is 1.96 bits per heavy atom. The van der Waals surface area contributed by atoms with E-state index >= 15 is 0 Å². The zero-order valence-electron chi connectivity index (χ0n) is 28.0. The van der Waals surface area contributed by atoms with Crippen LogP contribution in [0.2, 0.25) is 5.02 Å². The normalized spacial score (nSPS) is 32.3. The van der Waals surface area contributed by atoms with E-state index in [1.165, 1.54) is 11.1 Å². The van der Waals surface area contributed by atoms with Crippen LogP contribution in [0.3, 0.4) is 0 Å². The molecule has 1 N–H and O–H groups in total. The zero-order valence-corrected chi connectivity index (χ0v) is 29.6. The molecule has 1 unspecified atom stereocenters. The number of fused-ring (bicyclic) bond motifs is 4. The minimum atomic E-state index is -3.72. The van der Waals surface area contributed by atoms with Crippen LogP contribution in [0.4, 0.5) is 5.69 Å². The van der Waals surface area contributed by atoms with Crippen molar-refractivity contribution in [1.29, 1.82) is 0 Å². The monoisotopic (exact) mass is 695 g/mol. The van der Waals surface area contributed by atoms with Gasteiger partial charge >= 0.3 is 0 Å². The van der Waals surface area contributed by atoms with Crippen LogP contribution in [-0.4, -0.2) is 61.1 Å². The molecule has 48 heavy (non-hydrogen) atoms. The quantitative estimate of drug-likeness (QED) is 0.370. The van der Waals surface area contributed by atoms with Crippen LogP contribution in [0.15, 0.2) is 57.8 Å². The van der Waals surface area contributed by atoms with Crippen molar-refractivity contribution in [2.75, 3.05) is 38.3 Å². The Hall–Kier alpha value is -2.92. The summed E-state index contributed by atoms with van der Waals surface area (Å²) in [5.41, 5.74) is 1.65. The van der Waals surface area contributed by atoms with Crippen molar-refractivity contribution < 1.29 is 28.0 Å². The highest BCUT2D eigenvalue weighted by Crippen LogP contribution is 2.47. The predicted molar refractivity (Wildman–Crippen MR) is 186 cm³/mol. The molecule has 5 atom stereocenters. The second-order valence-corrected chi connectivity index (χ2v) is 17.0. The third kappa shape index (κ3) is 6.30. The SMILES string of the molecule is CO[C@H]1/C=C\COC(C)(C)C(=O)N=S(=O)(NC(=O)C2CCC2)c2ccc3c(c2)N(C[C@@H]2CC[C@H]21)C[C@@]1(CCCc2cc(Cl)ccc21)CO3. The summed E-state index contributed by atoms with van der Waals surface area (Å²) < 4.78 is 40.5. The van der Waals surface area contributed by atoms with Crippen molar-refractivity contribution in [3.05, 3.63) is 64.7 Å². The van der Waals surface area contributed by atoms with Gasteiger partial charge in [0.1, 0.15) is 11.4 Å². The minimum absolute atomic E-state index is 0.0928. The lowest BCUT2D eigenvalue weighted by Gasteiger charge is -2.46. The van der Waals surface area contributed by atoms with Gasteiger partial charge in [0, 0.05) is 36.6 Å². The Balaban J connectivity index is 1.36. The van der Waals surface area contributed by atoms with E-state index in [1.807, 2.05) is 30.4 Å². The van der Waals surface area contributed by atoms with E-state index in [1.54, 1.807) is 27.0 Å². The third-order valence-corrected chi connectivity index (χ3v) is 13.3. The van der Waals surface area contributed by atoms with Crippen LogP contribution < -0.4 is 14.4 Å². The summed E-state index contributed by atoms with van der Waals surface area (Å²) >= 11 is 6.46. The number of aryl methyl sites for hydroxylation is 1. The summed E-state index contributed by atoms with van der Waals surface area (Å²) in [6.07, 6.45) is 11.3. The molecular weight excluding hydrogens is 650 g/mol. The molecule has 2 fully saturated rings. The molecular formula is C37H46ClN3O6S. The van der Waals surface area contributed by atoms with E-state index in [2.05, 4.69) is 26.1 Å². The van der Waals surface area contributed by atoms with Crippen LogP contribution in [0.25, 0.3) is 0 Å². The topological polar surface area (TPSA) is 107 Å². The number of anilines is 1. The first-order valence-corrected chi connectivity index (χ1v) is 19.2. The number of hydrogen-bond acceptors (Lipinski definition) is 7. The summed E-state index contributed by atoms with van der Waals surface area (Å²) in [6.45, 7) is 5.32. The van der Waals surface area contributed by atoms with Gasteiger partial charge in [-0.05, 0) is 112 Å². The number of carbonyl (C=O) groups is 2. The molecule has 9 nitrogen and oxygen atoms in total. The average Bonchev–Trinajstić information content (AvgIpc) is 3.16. The van der Waals surface area contributed by atoms with Crippen molar-refractivity contribution in [1.82, 2.24) is 4.72 Å². The molecule has 2 amide bonds. The largest absolute Gasteiger partial charge is 0.490 e. The molecule has 7 rings (SSSR count). The number of methoxy groups -OCH3 is 1. The van der Waals surface area contributed by atoms with Crippen LogP contribution >= 0.6 is 11.6 Å². The van der Waals surface area contributed by atoms with Crippen LogP contribution in [0.1, 0.15) is 69.9 Å². The summed E-state index contributed by atoms with van der Waals surface area (Å²) in [5, 5.41) is 0.736. The van der Waals surface area contributed by atoms with E-state index < -0.39 is 21.4 Å². The fourth-order valence-electron chi connectivity index (χ4n) is 7.96. The van der Waals surface area contributed by atoms with Crippen LogP contribution in [0.5, 0.6) is 5.75 Å². The molecule has 5 aliphatic rings. The molecule has 258 valence electrons. The molecule has 2 bridgehead atoms. The average molecular weight is 696 g/mol. The number of nitrogens with zero attached hydrogens (tertiary/aromatic N) is 2. The highest BCUT2D eigenvalue weighted by Gasteiger charge is 2.45. The number of benzene rings is 2. The highest BCUT2D eigenvalue weighted by molar-refractivity contribution is 7.92. The third-order valence-electron chi connectivity index (χ3n) is 11.3. The molecule has 2 saturated carbocycles. The van der Waals surface area contributed by atoms with Gasteiger partial charge in [-0.15, -0.1) is 4.36 Å². The van der Waals surface area contributed by atoms with Crippen molar-refractivity contribution in [2.45, 2.75) is 87.2 Å². The van der Waals surface area contributed by atoms with Gasteiger partial charge in [0.25, 0.3) is 5.91 Å². The lowest BCUT2D eigenvalue weighted by molar-refractivity contribution is -0.137. The van der Waals surface area contributed by atoms with Gasteiger partial charge < -0.3 is 19.1 Å². The first kappa shape index (κ1) is 33.6. The molecule has 11 heteroatoms. The second-order valence-electron chi connectivity index (χ2n) is 14.7. The first-order valence-electron chi connectivity index (χ1n) is 17.3. The van der Waals surface area contributed by atoms with Gasteiger partial charge in [0.05, 0.1) is 29.9 Å². The molecule has 0 radical (unpaired) electrons. The van der Waals surface area contributed by atoms with E-state index in [0.717, 1.165) is 68.6 Å². The second kappa shape index (κ2) is 13.1. The fraction of sp³-hybridized carbons (Fsp3) is 0.568. The number of carbonyl (C=O) groups excluding carboxylic acids is 2. The van der Waals surface area contributed by atoms with Gasteiger partial charge in [0.15, 0.2) is 9.92 Å². The smallest absolute Gasteiger partial charge is 0.287 e. The van der Waals surface area contributed by atoms with Gasteiger partial charge in [-0.3, -0.25) is 14.3 Å². The standard InChI is InChI=1S/C37H46ClN3O6S/c1-36(2)35(43)40-48(44,39-34(42)24-7-4-8-24)28-13-16-33-31(20-28)41(21-26-11-14-29(26)32(45-3)10-6-18-47-36)22-37(23-46-33)17-5-9-25-19-27(38)12-15-30(25)37/h6,10,12-13,15-16,19-20,24,26,29,32H,4-5,7-9,11,14,17-18,21-23H2,1-3H3,(H,39,40,42,43,44)/b10-6-/t26-,29+,32-,37-,48?/m0/s1. The Morgan fingerprint density at radius 3 is 2.69 bits per heavy atom. The molecule has 2 aromatic rings. The number of amides is 2. The number of ether oxygens (including phenoxy) is 3. The first-order chi connectivity index (χ1) is 23.0. The molecule has 2 heterocycles. The summed E-state index contributed by atoms with van der Waals surface area (Å²) in [4.78, 5) is 29.6. The predicted octanol–water partition coefficient (Wildman–Crippen LogP) is 6.40. The summed E-state index contributed by atoms with van der Waals surface area (Å²) in [6, 6.07) is 11.5. The van der Waals surface area contributed by atoms with Crippen LogP contribution in [-0.2, 0) is 40.8 Å². The van der Waals surface area contributed by atoms with Crippen LogP contribution in [0, 0.1) is 17.8 Å². The Labute approximate surface area is 289 Å². The highest BCUT2D eigenvalue weighted by atomic mass is 35.5. The van der Waals surface area contributed by atoms with Gasteiger partial charge in [0.2, 0.25) is 5.91 Å². The molecule has 2 aliphatic heterocycles. The lowest BCUT2D eigenvalue weighted by atomic mass is 9.68. The molecule has 0 saturated heterocycles. The summed E-state index contributed by atoms with van der Waals surface area (Å²) in [7, 11) is -1.98. The van der Waals surface area contributed by atoms with Crippen molar-refractivity contribution in [3.63, 3.8) is 0 Å². The maximum atomic E-state index is 14.9. The van der Waals surface area contributed by atoms with Gasteiger partial charge in [-0.2, -0.15) is 0 Å². The fourth-order valence-corrected chi connectivity index (χ4v) is 9.84. The zero-order chi connectivity index (χ0) is 33.7. The Bertz CT molecular complexity index is 1750. The summed E-state index contributed by atoms with van der Waals surface area (Å²) in [5.74, 6) is 0.0368. The van der Waals surface area contributed by atoms with Gasteiger partial charge in [-0.25, -0.2) is 4.21 Å². The number of rotatable bonds is 3. The van der Waals surface area contributed by atoms with E-state index in [-0.39, 0.29) is 34.8 Å². The Morgan fingerprint density at radius 1 is 1.12 bits per heavy atom. The minimum Gasteiger partial charge on any atom is -0.490 e. The maximum Gasteiger partial charge on any atom is 0.287 e. The van der Waals surface area contributed by atoms with E-state index in [9.17, 15) is 13.8 Å². The van der Waals surface area contributed by atoms with E-state index in [4.69, 9.17) is 25.8 Å². The number of halogens is 1. The van der Waals surface area contributed by atoms with Crippen molar-refractivity contribution in [2.24, 2.45) is 22.1 Å². The van der Waals surface area contributed by atoms with Crippen molar-refractivity contribution in [3.8, 4) is 5.75 Å². The lowest BCUT2D eigenvalue weighted by Crippen LogP contribution is -2.49. The van der Waals surface area contributed by atoms with E-state index in [0.29, 0.717) is 30.7 Å².